The Morgan fingerprint density at radius 1 is 0.893 bits per heavy atom. The minimum atomic E-state index is -0.0786. The molecule has 1 atom stereocenters. The summed E-state index contributed by atoms with van der Waals surface area (Å²) in [4.78, 5) is 11.9. The van der Waals surface area contributed by atoms with Crippen LogP contribution in [0, 0.1) is 0 Å². The molecule has 28 heavy (non-hydrogen) atoms. The van der Waals surface area contributed by atoms with Crippen LogP contribution < -0.4 is 4.74 Å². The molecule has 0 saturated carbocycles. The number of benzene rings is 2. The Kier molecular flexibility index (Phi) is 10.2. The molecule has 0 aliphatic heterocycles. The molecule has 0 aliphatic rings. The topological polar surface area (TPSA) is 35.5 Å². The summed E-state index contributed by atoms with van der Waals surface area (Å²) in [5, 5.41) is 0. The van der Waals surface area contributed by atoms with Crippen molar-refractivity contribution in [1.82, 2.24) is 0 Å². The normalized spacial score (nSPS) is 11.8. The zero-order chi connectivity index (χ0) is 20.0. The summed E-state index contributed by atoms with van der Waals surface area (Å²) in [6.07, 6.45) is 7.62. The Hall–Kier alpha value is -2.29. The summed E-state index contributed by atoms with van der Waals surface area (Å²) in [5.41, 5.74) is 2.30. The van der Waals surface area contributed by atoms with Gasteiger partial charge in [0, 0.05) is 12.3 Å². The number of unbranched alkanes of at least 4 members (excludes halogenated alkanes) is 5. The van der Waals surface area contributed by atoms with Crippen LogP contribution in [0.15, 0.2) is 54.6 Å². The Labute approximate surface area is 170 Å². The van der Waals surface area contributed by atoms with Crippen LogP contribution in [-0.4, -0.2) is 12.6 Å². The number of ether oxygens (including phenoxy) is 2. The summed E-state index contributed by atoms with van der Waals surface area (Å²) in [7, 11) is 0. The fourth-order valence-electron chi connectivity index (χ4n) is 3.07. The Morgan fingerprint density at radius 2 is 1.57 bits per heavy atom. The van der Waals surface area contributed by atoms with Crippen LogP contribution in [0.25, 0.3) is 0 Å². The van der Waals surface area contributed by atoms with Crippen LogP contribution in [0.4, 0.5) is 0 Å². The van der Waals surface area contributed by atoms with Gasteiger partial charge in [0.1, 0.15) is 12.4 Å². The molecule has 0 fully saturated rings. The number of carbonyl (C=O) groups is 1. The second kappa shape index (κ2) is 13.0. The smallest absolute Gasteiger partial charge is 0.305 e. The Bertz CT molecular complexity index is 664. The molecule has 0 spiro atoms. The number of hydrogen-bond acceptors (Lipinski definition) is 3. The van der Waals surface area contributed by atoms with E-state index in [1.54, 1.807) is 0 Å². The van der Waals surface area contributed by atoms with E-state index in [0.717, 1.165) is 29.7 Å². The molecule has 0 aromatic heterocycles. The Morgan fingerprint density at radius 3 is 2.29 bits per heavy atom. The highest BCUT2D eigenvalue weighted by Crippen LogP contribution is 2.21. The third kappa shape index (κ3) is 8.60. The van der Waals surface area contributed by atoms with E-state index in [9.17, 15) is 4.79 Å². The lowest BCUT2D eigenvalue weighted by Crippen LogP contribution is -2.10. The van der Waals surface area contributed by atoms with Gasteiger partial charge in [-0.3, -0.25) is 4.79 Å². The van der Waals surface area contributed by atoms with Crippen LogP contribution >= 0.6 is 0 Å². The van der Waals surface area contributed by atoms with Gasteiger partial charge in [-0.05, 0) is 29.7 Å². The first-order valence-electron chi connectivity index (χ1n) is 10.6. The number of rotatable bonds is 13. The van der Waals surface area contributed by atoms with Crippen molar-refractivity contribution in [2.45, 2.75) is 71.3 Å². The predicted octanol–water partition coefficient (Wildman–Crippen LogP) is 6.66. The molecule has 2 rings (SSSR count). The van der Waals surface area contributed by atoms with Crippen molar-refractivity contribution in [2.75, 3.05) is 6.61 Å². The largest absolute Gasteiger partial charge is 0.489 e. The van der Waals surface area contributed by atoms with Crippen LogP contribution in [0.2, 0.25) is 0 Å². The van der Waals surface area contributed by atoms with Crippen molar-refractivity contribution in [3.8, 4) is 5.75 Å². The van der Waals surface area contributed by atoms with Crippen molar-refractivity contribution in [3.05, 3.63) is 65.7 Å². The van der Waals surface area contributed by atoms with Crippen LogP contribution in [0.5, 0.6) is 5.75 Å². The first-order chi connectivity index (χ1) is 13.7. The molecule has 0 N–H and O–H groups in total. The van der Waals surface area contributed by atoms with Crippen molar-refractivity contribution in [1.29, 1.82) is 0 Å². The molecule has 0 saturated heterocycles. The summed E-state index contributed by atoms with van der Waals surface area (Å²) in [6.45, 7) is 5.28. The highest BCUT2D eigenvalue weighted by Gasteiger charge is 2.10. The van der Waals surface area contributed by atoms with E-state index in [-0.39, 0.29) is 11.9 Å². The SMILES string of the molecule is CCCCCCCCC(=O)OCC(C)c1ccc(OCc2ccccc2)cc1. The molecule has 2 aromatic carbocycles. The molecule has 0 amide bonds. The maximum atomic E-state index is 11.9. The zero-order valence-corrected chi connectivity index (χ0v) is 17.4. The quantitative estimate of drug-likeness (QED) is 0.287. The minimum absolute atomic E-state index is 0.0786. The lowest BCUT2D eigenvalue weighted by molar-refractivity contribution is -0.144. The van der Waals surface area contributed by atoms with E-state index in [0.29, 0.717) is 19.6 Å². The van der Waals surface area contributed by atoms with Gasteiger partial charge in [0.15, 0.2) is 0 Å². The van der Waals surface area contributed by atoms with Gasteiger partial charge in [-0.15, -0.1) is 0 Å². The Balaban J connectivity index is 1.65. The third-order valence-electron chi connectivity index (χ3n) is 4.93. The lowest BCUT2D eigenvalue weighted by Gasteiger charge is -2.13. The van der Waals surface area contributed by atoms with Crippen molar-refractivity contribution >= 4 is 5.97 Å². The third-order valence-corrected chi connectivity index (χ3v) is 4.93. The van der Waals surface area contributed by atoms with Crippen molar-refractivity contribution < 1.29 is 14.3 Å². The lowest BCUT2D eigenvalue weighted by atomic mass is 10.0. The van der Waals surface area contributed by atoms with Gasteiger partial charge in [-0.25, -0.2) is 0 Å². The van der Waals surface area contributed by atoms with Gasteiger partial charge in [0.25, 0.3) is 0 Å². The van der Waals surface area contributed by atoms with Crippen molar-refractivity contribution in [3.63, 3.8) is 0 Å². The monoisotopic (exact) mass is 382 g/mol. The molecular weight excluding hydrogens is 348 g/mol. The van der Waals surface area contributed by atoms with Crippen LogP contribution in [0.1, 0.15) is 75.8 Å². The number of hydrogen-bond donors (Lipinski definition) is 0. The van der Waals surface area contributed by atoms with E-state index in [1.807, 2.05) is 42.5 Å². The minimum Gasteiger partial charge on any atom is -0.489 e. The predicted molar refractivity (Wildman–Crippen MR) is 115 cm³/mol. The number of esters is 1. The number of carbonyl (C=O) groups excluding carboxylic acids is 1. The first-order valence-corrected chi connectivity index (χ1v) is 10.6. The maximum Gasteiger partial charge on any atom is 0.305 e. The zero-order valence-electron chi connectivity index (χ0n) is 17.4. The van der Waals surface area contributed by atoms with Gasteiger partial charge < -0.3 is 9.47 Å². The van der Waals surface area contributed by atoms with Crippen molar-refractivity contribution in [2.24, 2.45) is 0 Å². The molecule has 3 nitrogen and oxygen atoms in total. The van der Waals surface area contributed by atoms with E-state index in [1.165, 1.54) is 25.7 Å². The molecule has 0 heterocycles. The second-order valence-corrected chi connectivity index (χ2v) is 7.45. The molecule has 1 unspecified atom stereocenters. The molecule has 2 aromatic rings. The fourth-order valence-corrected chi connectivity index (χ4v) is 3.07. The van der Waals surface area contributed by atoms with E-state index >= 15 is 0 Å². The fraction of sp³-hybridized carbons (Fsp3) is 0.480. The van der Waals surface area contributed by atoms with Gasteiger partial charge in [-0.2, -0.15) is 0 Å². The van der Waals surface area contributed by atoms with Crippen LogP contribution in [-0.2, 0) is 16.1 Å². The molecule has 0 bridgehead atoms. The summed E-state index contributed by atoms with van der Waals surface area (Å²) < 4.78 is 11.3. The highest BCUT2D eigenvalue weighted by molar-refractivity contribution is 5.69. The summed E-state index contributed by atoms with van der Waals surface area (Å²) in [6, 6.07) is 18.2. The standard InChI is InChI=1S/C25H34O3/c1-3-4-5-6-7-11-14-25(26)28-19-21(2)23-15-17-24(18-16-23)27-20-22-12-9-8-10-13-22/h8-10,12-13,15-18,21H,3-7,11,14,19-20H2,1-2H3. The average molecular weight is 383 g/mol. The van der Waals surface area contributed by atoms with Gasteiger partial charge in [0.2, 0.25) is 0 Å². The first kappa shape index (κ1) is 22.0. The maximum absolute atomic E-state index is 11.9. The van der Waals surface area contributed by atoms with Gasteiger partial charge in [0.05, 0.1) is 6.61 Å². The molecule has 152 valence electrons. The molecule has 0 aliphatic carbocycles. The second-order valence-electron chi connectivity index (χ2n) is 7.45. The van der Waals surface area contributed by atoms with Crippen LogP contribution in [0.3, 0.4) is 0 Å². The van der Waals surface area contributed by atoms with Gasteiger partial charge >= 0.3 is 5.97 Å². The molecule has 0 radical (unpaired) electrons. The summed E-state index contributed by atoms with van der Waals surface area (Å²) >= 11 is 0. The average Bonchev–Trinajstić information content (AvgIpc) is 2.74. The summed E-state index contributed by atoms with van der Waals surface area (Å²) in [5.74, 6) is 0.946. The highest BCUT2D eigenvalue weighted by atomic mass is 16.5. The van der Waals surface area contributed by atoms with E-state index in [4.69, 9.17) is 9.47 Å². The van der Waals surface area contributed by atoms with Gasteiger partial charge in [-0.1, -0.05) is 88.4 Å². The van der Waals surface area contributed by atoms with E-state index in [2.05, 4.69) is 26.0 Å². The molecule has 3 heteroatoms. The van der Waals surface area contributed by atoms with E-state index < -0.39 is 0 Å². The molecular formula is C25H34O3.